The summed E-state index contributed by atoms with van der Waals surface area (Å²) in [7, 11) is 0. The molecule has 6 rings (SSSR count). The molecule has 0 aromatic heterocycles. The Hall–Kier alpha value is -2.43. The van der Waals surface area contributed by atoms with E-state index in [1.54, 1.807) is 0 Å². The number of carbonyl (C=O) groups excluding carboxylic acids is 3. The van der Waals surface area contributed by atoms with Crippen LogP contribution in [0.4, 0.5) is 0 Å². The molecule has 1 aromatic carbocycles. The number of imide groups is 1. The topological polar surface area (TPSA) is 63.7 Å². The molecule has 140 valence electrons. The number of para-hydroxylation sites is 1. The maximum Gasteiger partial charge on any atom is 0.313 e. The molecule has 1 aromatic rings. The Morgan fingerprint density at radius 1 is 1.04 bits per heavy atom. The molecule has 0 radical (unpaired) electrons. The van der Waals surface area contributed by atoms with Gasteiger partial charge in [0.15, 0.2) is 0 Å². The zero-order valence-electron chi connectivity index (χ0n) is 15.6. The van der Waals surface area contributed by atoms with Gasteiger partial charge < -0.3 is 4.74 Å². The molecular weight excluding hydrogens is 342 g/mol. The summed E-state index contributed by atoms with van der Waals surface area (Å²) in [6, 6.07) is 5.70. The number of amides is 2. The van der Waals surface area contributed by atoms with Crippen LogP contribution in [-0.2, 0) is 14.4 Å². The van der Waals surface area contributed by atoms with Gasteiger partial charge in [-0.2, -0.15) is 0 Å². The Morgan fingerprint density at radius 3 is 2.15 bits per heavy atom. The summed E-state index contributed by atoms with van der Waals surface area (Å²) in [5.41, 5.74) is 1.79. The van der Waals surface area contributed by atoms with Crippen molar-refractivity contribution in [3.05, 3.63) is 41.5 Å². The fourth-order valence-electron chi connectivity index (χ4n) is 5.57. The number of rotatable bonds is 4. The average molecular weight is 365 g/mol. The number of carbonyl (C=O) groups is 3. The summed E-state index contributed by atoms with van der Waals surface area (Å²) in [4.78, 5) is 39.4. The van der Waals surface area contributed by atoms with Crippen molar-refractivity contribution in [2.45, 2.75) is 26.7 Å². The Labute approximate surface area is 158 Å². The van der Waals surface area contributed by atoms with Crippen LogP contribution in [0.2, 0.25) is 0 Å². The van der Waals surface area contributed by atoms with Crippen molar-refractivity contribution in [2.24, 2.45) is 35.5 Å². The molecule has 0 spiro atoms. The van der Waals surface area contributed by atoms with Gasteiger partial charge in [-0.3, -0.25) is 19.3 Å². The number of ether oxygens (including phenoxy) is 1. The van der Waals surface area contributed by atoms with Gasteiger partial charge >= 0.3 is 5.97 Å². The van der Waals surface area contributed by atoms with Crippen LogP contribution < -0.4 is 4.74 Å². The lowest BCUT2D eigenvalue weighted by molar-refractivity contribution is -0.141. The maximum atomic E-state index is 12.9. The summed E-state index contributed by atoms with van der Waals surface area (Å²) < 4.78 is 5.50. The number of allylic oxidation sites excluding steroid dienone is 2. The van der Waals surface area contributed by atoms with Gasteiger partial charge in [0.05, 0.1) is 18.3 Å². The van der Waals surface area contributed by atoms with E-state index in [-0.39, 0.29) is 48.5 Å². The van der Waals surface area contributed by atoms with Crippen LogP contribution in [-0.4, -0.2) is 29.2 Å². The monoisotopic (exact) mass is 365 g/mol. The number of esters is 1. The zero-order valence-corrected chi connectivity index (χ0v) is 15.6. The largest absolute Gasteiger partial charge is 0.426 e. The number of aryl methyl sites for hydroxylation is 2. The van der Waals surface area contributed by atoms with Crippen LogP contribution in [0.15, 0.2) is 30.4 Å². The Kier molecular flexibility index (Phi) is 3.58. The van der Waals surface area contributed by atoms with Gasteiger partial charge in [-0.15, -0.1) is 0 Å². The SMILES string of the molecule is Cc1cccc(C)c1OC(=O)CCN1C(=O)[C@@H]2[C@H]3C=C[C@H]([C@@H]4C[C@H]34)[C@@H]2C1=O. The van der Waals surface area contributed by atoms with E-state index in [2.05, 4.69) is 12.2 Å². The van der Waals surface area contributed by atoms with Crippen molar-refractivity contribution in [1.82, 2.24) is 4.90 Å². The van der Waals surface area contributed by atoms with E-state index in [1.165, 1.54) is 4.90 Å². The third-order valence-corrected chi connectivity index (χ3v) is 6.92. The van der Waals surface area contributed by atoms with Crippen molar-refractivity contribution in [3.63, 3.8) is 0 Å². The van der Waals surface area contributed by atoms with Crippen molar-refractivity contribution in [2.75, 3.05) is 6.54 Å². The van der Waals surface area contributed by atoms with Gasteiger partial charge in [0.25, 0.3) is 0 Å². The summed E-state index contributed by atoms with van der Waals surface area (Å²) >= 11 is 0. The minimum Gasteiger partial charge on any atom is -0.426 e. The predicted octanol–water partition coefficient (Wildman–Crippen LogP) is 2.65. The van der Waals surface area contributed by atoms with Crippen molar-refractivity contribution >= 4 is 17.8 Å². The molecule has 4 aliphatic carbocycles. The normalized spacial score (nSPS) is 35.3. The lowest BCUT2D eigenvalue weighted by Crippen LogP contribution is -2.40. The Bertz CT molecular complexity index is 832. The second-order valence-electron chi connectivity index (χ2n) is 8.43. The molecule has 27 heavy (non-hydrogen) atoms. The molecule has 2 saturated carbocycles. The molecule has 1 aliphatic heterocycles. The van der Waals surface area contributed by atoms with Crippen LogP contribution in [0.3, 0.4) is 0 Å². The van der Waals surface area contributed by atoms with E-state index in [4.69, 9.17) is 4.74 Å². The third-order valence-electron chi connectivity index (χ3n) is 6.92. The number of hydrogen-bond donors (Lipinski definition) is 0. The molecule has 0 N–H and O–H groups in total. The highest BCUT2D eigenvalue weighted by molar-refractivity contribution is 6.06. The van der Waals surface area contributed by atoms with Gasteiger partial charge in [0.1, 0.15) is 5.75 Å². The summed E-state index contributed by atoms with van der Waals surface area (Å²) in [5.74, 6) is 1.19. The molecule has 6 atom stereocenters. The lowest BCUT2D eigenvalue weighted by atomic mass is 9.63. The molecule has 2 amide bonds. The fourth-order valence-corrected chi connectivity index (χ4v) is 5.57. The molecule has 5 aliphatic rings. The quantitative estimate of drug-likeness (QED) is 0.356. The first-order valence-electron chi connectivity index (χ1n) is 9.78. The molecule has 2 bridgehead atoms. The highest BCUT2D eigenvalue weighted by Crippen LogP contribution is 2.65. The van der Waals surface area contributed by atoms with Crippen molar-refractivity contribution in [3.8, 4) is 5.75 Å². The van der Waals surface area contributed by atoms with Crippen LogP contribution in [0.25, 0.3) is 0 Å². The summed E-state index contributed by atoms with van der Waals surface area (Å²) in [5, 5.41) is 0. The Balaban J connectivity index is 1.26. The molecule has 5 nitrogen and oxygen atoms in total. The van der Waals surface area contributed by atoms with Crippen LogP contribution in [0.5, 0.6) is 5.75 Å². The van der Waals surface area contributed by atoms with E-state index in [1.807, 2.05) is 32.0 Å². The summed E-state index contributed by atoms with van der Waals surface area (Å²) in [6.07, 6.45) is 5.49. The average Bonchev–Trinajstić information content (AvgIpc) is 3.42. The number of nitrogens with zero attached hydrogens (tertiary/aromatic N) is 1. The molecule has 5 heteroatoms. The Morgan fingerprint density at radius 2 is 1.59 bits per heavy atom. The van der Waals surface area contributed by atoms with Crippen molar-refractivity contribution < 1.29 is 19.1 Å². The van der Waals surface area contributed by atoms with Crippen LogP contribution >= 0.6 is 0 Å². The lowest BCUT2D eigenvalue weighted by Gasteiger charge is -2.37. The second-order valence-corrected chi connectivity index (χ2v) is 8.43. The smallest absolute Gasteiger partial charge is 0.313 e. The predicted molar refractivity (Wildman–Crippen MR) is 97.6 cm³/mol. The first-order valence-corrected chi connectivity index (χ1v) is 9.78. The standard InChI is InChI=1S/C22H23NO4/c1-11-4-3-5-12(2)20(11)27-17(24)8-9-23-21(25)18-13-6-7-14(16-10-15(13)16)19(18)22(23)26/h3-7,13-16,18-19H,8-10H2,1-2H3/t13-,14+,15+,16-,18+,19-. The third kappa shape index (κ3) is 2.40. The fraction of sp³-hybridized carbons (Fsp3) is 0.500. The molecular formula is C22H23NO4. The molecule has 1 heterocycles. The van der Waals surface area contributed by atoms with E-state index < -0.39 is 5.97 Å². The minimum atomic E-state index is -0.410. The molecule has 3 fully saturated rings. The van der Waals surface area contributed by atoms with E-state index in [0.717, 1.165) is 17.5 Å². The molecule has 1 saturated heterocycles. The number of likely N-dealkylation sites (tertiary alicyclic amines) is 1. The number of benzene rings is 1. The second kappa shape index (κ2) is 5.78. The van der Waals surface area contributed by atoms with E-state index in [0.29, 0.717) is 17.6 Å². The van der Waals surface area contributed by atoms with E-state index in [9.17, 15) is 14.4 Å². The van der Waals surface area contributed by atoms with Gasteiger partial charge in [-0.25, -0.2) is 0 Å². The van der Waals surface area contributed by atoms with Gasteiger partial charge in [-0.1, -0.05) is 30.4 Å². The number of hydrogen-bond acceptors (Lipinski definition) is 4. The first kappa shape index (κ1) is 16.7. The highest BCUT2D eigenvalue weighted by Gasteiger charge is 2.66. The van der Waals surface area contributed by atoms with Crippen molar-refractivity contribution in [1.29, 1.82) is 0 Å². The van der Waals surface area contributed by atoms with E-state index >= 15 is 0 Å². The molecule has 0 unspecified atom stereocenters. The van der Waals surface area contributed by atoms with Crippen LogP contribution in [0, 0.1) is 49.4 Å². The summed E-state index contributed by atoms with van der Waals surface area (Å²) in [6.45, 7) is 3.90. The van der Waals surface area contributed by atoms with Gasteiger partial charge in [0, 0.05) is 6.54 Å². The van der Waals surface area contributed by atoms with Gasteiger partial charge in [0.2, 0.25) is 11.8 Å². The van der Waals surface area contributed by atoms with Crippen LogP contribution in [0.1, 0.15) is 24.0 Å². The first-order chi connectivity index (χ1) is 13.0. The minimum absolute atomic E-state index is 0.0281. The maximum absolute atomic E-state index is 12.9. The highest BCUT2D eigenvalue weighted by atomic mass is 16.5. The van der Waals surface area contributed by atoms with Gasteiger partial charge in [-0.05, 0) is 55.1 Å². The zero-order chi connectivity index (χ0) is 18.9.